The van der Waals surface area contributed by atoms with Crippen molar-refractivity contribution < 1.29 is 39.7 Å². The van der Waals surface area contributed by atoms with E-state index in [9.17, 15) is 34.9 Å². The highest BCUT2D eigenvalue weighted by Crippen LogP contribution is 2.38. The fourth-order valence-corrected chi connectivity index (χ4v) is 6.60. The van der Waals surface area contributed by atoms with Crippen molar-refractivity contribution in [3.05, 3.63) is 91.0 Å². The zero-order valence-electron chi connectivity index (χ0n) is 23.4. The van der Waals surface area contributed by atoms with Crippen LogP contribution in [0.3, 0.4) is 0 Å². The van der Waals surface area contributed by atoms with Gasteiger partial charge < -0.3 is 9.29 Å². The molecule has 0 aromatic heterocycles. The predicted molar refractivity (Wildman–Crippen MR) is 155 cm³/mol. The van der Waals surface area contributed by atoms with Gasteiger partial charge in [0.05, 0.1) is 10.9 Å². The van der Waals surface area contributed by atoms with E-state index in [1.54, 1.807) is 0 Å². The quantitative estimate of drug-likeness (QED) is 0.0726. The smallest absolute Gasteiger partial charge is 0.421 e. The number of benzene rings is 3. The lowest BCUT2D eigenvalue weighted by Gasteiger charge is -2.30. The van der Waals surface area contributed by atoms with Gasteiger partial charge in [0.2, 0.25) is 6.10 Å². The molecule has 4 nitrogen and oxygen atoms in total. The third-order valence-corrected chi connectivity index (χ3v) is 9.27. The molecule has 1 atom stereocenters. The first-order valence-electron chi connectivity index (χ1n) is 13.8. The molecule has 3 rings (SSSR count). The molecule has 0 aliphatic rings. The van der Waals surface area contributed by atoms with Crippen molar-refractivity contribution in [2.75, 3.05) is 6.61 Å². The van der Waals surface area contributed by atoms with Gasteiger partial charge in [0.1, 0.15) is 0 Å². The maximum Gasteiger partial charge on any atom is 0.421 e. The van der Waals surface area contributed by atoms with Crippen LogP contribution in [-0.4, -0.2) is 37.1 Å². The Morgan fingerprint density at radius 2 is 1.02 bits per heavy atom. The fraction of sp³-hybridized carbons (Fsp3) is 0.419. The minimum atomic E-state index is -6.47. The molecule has 0 bridgehead atoms. The number of rotatable bonds is 15. The average Bonchev–Trinajstić information content (AvgIpc) is 2.95. The van der Waals surface area contributed by atoms with E-state index < -0.39 is 34.3 Å². The van der Waals surface area contributed by atoms with Crippen LogP contribution in [0.5, 0.6) is 0 Å². The second-order valence-corrected chi connectivity index (χ2v) is 13.0. The SMILES string of the molecule is CCCCCCCCCCOC(C(F)(F)F)C(F)(F)S(=O)(=O)[O-].c1ccc([S+](c2ccccc2)c2ccccc2)cc1. The van der Waals surface area contributed by atoms with Gasteiger partial charge in [-0.05, 0) is 42.8 Å². The first-order chi connectivity index (χ1) is 19.9. The van der Waals surface area contributed by atoms with Crippen molar-refractivity contribution in [3.8, 4) is 0 Å². The van der Waals surface area contributed by atoms with Crippen molar-refractivity contribution in [1.29, 1.82) is 0 Å². The van der Waals surface area contributed by atoms with Crippen LogP contribution >= 0.6 is 0 Å². The van der Waals surface area contributed by atoms with Crippen LogP contribution in [0.1, 0.15) is 58.3 Å². The lowest BCUT2D eigenvalue weighted by atomic mass is 10.1. The molecule has 0 radical (unpaired) electrons. The second kappa shape index (κ2) is 17.6. The second-order valence-electron chi connectivity index (χ2n) is 9.53. The van der Waals surface area contributed by atoms with Crippen LogP contribution in [0, 0.1) is 0 Å². The first-order valence-corrected chi connectivity index (χ1v) is 16.4. The maximum atomic E-state index is 13.1. The molecule has 0 heterocycles. The lowest BCUT2D eigenvalue weighted by molar-refractivity contribution is -0.264. The number of halogens is 5. The standard InChI is InChI=1S/C18H15S.C13H23F5O4S/c1-4-10-16(11-5-1)19(17-12-6-2-7-13-17)18-14-8-3-9-15-18;1-2-3-4-5-6-7-8-9-10-22-11(12(14,15)16)13(17,18)23(19,20)21/h1-15H;11H,2-10H2,1H3,(H,19,20,21)/q+1;/p-1. The van der Waals surface area contributed by atoms with Gasteiger partial charge in [0, 0.05) is 6.61 Å². The molecule has 11 heteroatoms. The van der Waals surface area contributed by atoms with Crippen LogP contribution in [0.15, 0.2) is 106 Å². The Labute approximate surface area is 248 Å². The van der Waals surface area contributed by atoms with Crippen molar-refractivity contribution in [2.45, 2.75) is 90.5 Å². The minimum absolute atomic E-state index is 0.0146. The predicted octanol–water partition coefficient (Wildman–Crippen LogP) is 8.99. The van der Waals surface area contributed by atoms with Gasteiger partial charge in [-0.15, -0.1) is 0 Å². The van der Waals surface area contributed by atoms with E-state index >= 15 is 0 Å². The maximum absolute atomic E-state index is 13.1. The highest BCUT2D eigenvalue weighted by atomic mass is 32.2. The zero-order chi connectivity index (χ0) is 31.1. The molecular formula is C31H37F5O4S2. The van der Waals surface area contributed by atoms with Gasteiger partial charge in [0.25, 0.3) is 0 Å². The van der Waals surface area contributed by atoms with Gasteiger partial charge in [0.15, 0.2) is 24.8 Å². The molecule has 232 valence electrons. The van der Waals surface area contributed by atoms with Crippen molar-refractivity contribution in [3.63, 3.8) is 0 Å². The number of unbranched alkanes of at least 4 members (excludes halogenated alkanes) is 7. The Hall–Kier alpha value is -2.47. The molecule has 0 saturated carbocycles. The molecule has 0 saturated heterocycles. The summed E-state index contributed by atoms with van der Waals surface area (Å²) in [6, 6.07) is 32.2. The van der Waals surface area contributed by atoms with Crippen LogP contribution in [0.25, 0.3) is 0 Å². The van der Waals surface area contributed by atoms with E-state index in [1.165, 1.54) is 14.7 Å². The van der Waals surface area contributed by atoms with Gasteiger partial charge in [-0.25, -0.2) is 8.42 Å². The lowest BCUT2D eigenvalue weighted by Crippen LogP contribution is -2.51. The summed E-state index contributed by atoms with van der Waals surface area (Å²) in [6.45, 7) is 1.37. The monoisotopic (exact) mass is 632 g/mol. The number of ether oxygens (including phenoxy) is 1. The fourth-order valence-electron chi connectivity index (χ4n) is 4.03. The number of alkyl halides is 5. The molecule has 0 N–H and O–H groups in total. The summed E-state index contributed by atoms with van der Waals surface area (Å²) < 4.78 is 98.6. The van der Waals surface area contributed by atoms with Crippen molar-refractivity contribution >= 4 is 21.0 Å². The molecule has 0 spiro atoms. The largest absolute Gasteiger partial charge is 0.743 e. The normalized spacial score (nSPS) is 13.0. The summed E-state index contributed by atoms with van der Waals surface area (Å²) in [5, 5.41) is -5.55. The Morgan fingerprint density at radius 1 is 0.667 bits per heavy atom. The molecule has 0 fully saturated rings. The van der Waals surface area contributed by atoms with Crippen molar-refractivity contribution in [2.24, 2.45) is 0 Å². The molecule has 3 aromatic rings. The van der Waals surface area contributed by atoms with Gasteiger partial charge in [-0.3, -0.25) is 0 Å². The Bertz CT molecular complexity index is 1150. The third-order valence-electron chi connectivity index (χ3n) is 6.15. The topological polar surface area (TPSA) is 66.4 Å². The van der Waals surface area contributed by atoms with E-state index in [-0.39, 0.29) is 17.3 Å². The first kappa shape index (κ1) is 35.7. The van der Waals surface area contributed by atoms with E-state index in [1.807, 2.05) is 0 Å². The molecule has 42 heavy (non-hydrogen) atoms. The highest BCUT2D eigenvalue weighted by molar-refractivity contribution is 7.97. The van der Waals surface area contributed by atoms with E-state index in [0.29, 0.717) is 6.42 Å². The Kier molecular flexibility index (Phi) is 15.0. The summed E-state index contributed by atoms with van der Waals surface area (Å²) in [5.41, 5.74) is 0. The summed E-state index contributed by atoms with van der Waals surface area (Å²) in [7, 11) is -6.49. The molecule has 1 unspecified atom stereocenters. The summed E-state index contributed by atoms with van der Waals surface area (Å²) in [6.07, 6.45) is -3.18. The molecular weight excluding hydrogens is 595 g/mol. The number of hydrogen-bond acceptors (Lipinski definition) is 4. The molecule has 0 aliphatic carbocycles. The highest BCUT2D eigenvalue weighted by Gasteiger charge is 2.61. The third kappa shape index (κ3) is 11.7. The van der Waals surface area contributed by atoms with Gasteiger partial charge >= 0.3 is 11.4 Å². The Balaban J connectivity index is 0.000000297. The minimum Gasteiger partial charge on any atom is -0.743 e. The van der Waals surface area contributed by atoms with E-state index in [2.05, 4.69) is 103 Å². The van der Waals surface area contributed by atoms with E-state index in [0.717, 1.165) is 38.5 Å². The van der Waals surface area contributed by atoms with Crippen LogP contribution in [-0.2, 0) is 25.7 Å². The average molecular weight is 633 g/mol. The molecule has 0 aliphatic heterocycles. The summed E-state index contributed by atoms with van der Waals surface area (Å²) >= 11 is 0. The van der Waals surface area contributed by atoms with Crippen LogP contribution in [0.2, 0.25) is 0 Å². The molecule has 3 aromatic carbocycles. The van der Waals surface area contributed by atoms with E-state index in [4.69, 9.17) is 0 Å². The summed E-state index contributed by atoms with van der Waals surface area (Å²) in [5.74, 6) is 0. The number of hydrogen-bond donors (Lipinski definition) is 0. The van der Waals surface area contributed by atoms with Crippen LogP contribution < -0.4 is 0 Å². The Morgan fingerprint density at radius 3 is 1.36 bits per heavy atom. The van der Waals surface area contributed by atoms with Crippen LogP contribution in [0.4, 0.5) is 22.0 Å². The summed E-state index contributed by atoms with van der Waals surface area (Å²) in [4.78, 5) is 4.08. The van der Waals surface area contributed by atoms with Crippen molar-refractivity contribution in [1.82, 2.24) is 0 Å². The zero-order valence-corrected chi connectivity index (χ0v) is 25.1. The van der Waals surface area contributed by atoms with Gasteiger partial charge in [-0.1, -0.05) is 106 Å². The van der Waals surface area contributed by atoms with Gasteiger partial charge in [-0.2, -0.15) is 22.0 Å². The molecule has 0 amide bonds.